The molecule has 0 fully saturated rings. The molecule has 0 spiro atoms. The number of rotatable bonds is 4. The summed E-state index contributed by atoms with van der Waals surface area (Å²) in [5.41, 5.74) is 4.06. The Morgan fingerprint density at radius 2 is 2.00 bits per heavy atom. The Hall–Kier alpha value is -2.14. The van der Waals surface area contributed by atoms with Gasteiger partial charge in [-0.25, -0.2) is 0 Å². The molecule has 1 atom stereocenters. The number of amides is 2. The van der Waals surface area contributed by atoms with Crippen LogP contribution in [0.3, 0.4) is 0 Å². The second-order valence-electron chi connectivity index (χ2n) is 6.37. The Kier molecular flexibility index (Phi) is 5.53. The average Bonchev–Trinajstić information content (AvgIpc) is 2.61. The van der Waals surface area contributed by atoms with Crippen molar-refractivity contribution in [2.24, 2.45) is 0 Å². The standard InChI is InChI=1S/C20H21BrN2O2/c1-13-11-15(21)9-10-18(13)23-19(24)12-22-20(25)17-8-4-6-14-5-2-3-7-16(14)17/h2-3,5,7,9-11,17H,4,6,8,12H2,1H3,(H,22,25)(H,23,24)/t17-/m1/s1. The summed E-state index contributed by atoms with van der Waals surface area (Å²) in [4.78, 5) is 24.7. The molecule has 1 aliphatic carbocycles. The third-order valence-corrected chi connectivity index (χ3v) is 5.06. The Balaban J connectivity index is 1.58. The number of hydrogen-bond donors (Lipinski definition) is 2. The molecule has 0 bridgehead atoms. The number of aryl methyl sites for hydroxylation is 2. The molecule has 2 N–H and O–H groups in total. The van der Waals surface area contributed by atoms with Crippen LogP contribution >= 0.6 is 15.9 Å². The minimum Gasteiger partial charge on any atom is -0.346 e. The zero-order valence-electron chi connectivity index (χ0n) is 14.1. The van der Waals surface area contributed by atoms with Gasteiger partial charge in [0.1, 0.15) is 0 Å². The van der Waals surface area contributed by atoms with Gasteiger partial charge >= 0.3 is 0 Å². The van der Waals surface area contributed by atoms with Gasteiger partial charge in [0.2, 0.25) is 11.8 Å². The van der Waals surface area contributed by atoms with Crippen LogP contribution in [0.5, 0.6) is 0 Å². The number of fused-ring (bicyclic) bond motifs is 1. The number of anilines is 1. The number of benzene rings is 2. The molecular weight excluding hydrogens is 380 g/mol. The van der Waals surface area contributed by atoms with Crippen molar-refractivity contribution >= 4 is 33.4 Å². The topological polar surface area (TPSA) is 58.2 Å². The molecule has 0 aromatic heterocycles. The van der Waals surface area contributed by atoms with Crippen molar-refractivity contribution in [3.63, 3.8) is 0 Å². The molecule has 1 aliphatic rings. The fourth-order valence-electron chi connectivity index (χ4n) is 3.28. The number of carbonyl (C=O) groups is 2. The molecule has 0 unspecified atom stereocenters. The zero-order valence-corrected chi connectivity index (χ0v) is 15.7. The first kappa shape index (κ1) is 17.7. The van der Waals surface area contributed by atoms with Gasteiger partial charge in [0, 0.05) is 10.2 Å². The summed E-state index contributed by atoms with van der Waals surface area (Å²) in [6.07, 6.45) is 2.85. The molecule has 4 nitrogen and oxygen atoms in total. The number of nitrogens with one attached hydrogen (secondary N) is 2. The lowest BCUT2D eigenvalue weighted by molar-refractivity contribution is -0.125. The van der Waals surface area contributed by atoms with Gasteiger partial charge in [0.05, 0.1) is 12.5 Å². The smallest absolute Gasteiger partial charge is 0.243 e. The lowest BCUT2D eigenvalue weighted by Crippen LogP contribution is -2.37. The van der Waals surface area contributed by atoms with E-state index in [1.165, 1.54) is 5.56 Å². The molecule has 0 radical (unpaired) electrons. The van der Waals surface area contributed by atoms with E-state index in [2.05, 4.69) is 32.6 Å². The Morgan fingerprint density at radius 3 is 2.80 bits per heavy atom. The molecule has 0 saturated carbocycles. The maximum absolute atomic E-state index is 12.5. The van der Waals surface area contributed by atoms with Crippen LogP contribution < -0.4 is 10.6 Å². The highest BCUT2D eigenvalue weighted by Crippen LogP contribution is 2.31. The van der Waals surface area contributed by atoms with E-state index in [4.69, 9.17) is 0 Å². The van der Waals surface area contributed by atoms with E-state index in [0.29, 0.717) is 0 Å². The van der Waals surface area contributed by atoms with E-state index < -0.39 is 0 Å². The highest BCUT2D eigenvalue weighted by atomic mass is 79.9. The normalized spacial score (nSPS) is 16.0. The Morgan fingerprint density at radius 1 is 1.20 bits per heavy atom. The summed E-state index contributed by atoms with van der Waals surface area (Å²) in [6.45, 7) is 1.91. The molecule has 2 aromatic carbocycles. The second kappa shape index (κ2) is 7.83. The first-order valence-electron chi connectivity index (χ1n) is 8.46. The third-order valence-electron chi connectivity index (χ3n) is 4.57. The van der Waals surface area contributed by atoms with Crippen molar-refractivity contribution in [2.75, 3.05) is 11.9 Å². The van der Waals surface area contributed by atoms with Crippen LogP contribution in [0, 0.1) is 6.92 Å². The van der Waals surface area contributed by atoms with Crippen LogP contribution in [-0.4, -0.2) is 18.4 Å². The minimum absolute atomic E-state index is 0.0208. The molecule has 0 heterocycles. The van der Waals surface area contributed by atoms with Crippen LogP contribution in [0.4, 0.5) is 5.69 Å². The first-order chi connectivity index (χ1) is 12.0. The number of halogens is 1. The minimum atomic E-state index is -0.220. The molecule has 5 heteroatoms. The summed E-state index contributed by atoms with van der Waals surface area (Å²) in [5.74, 6) is -0.454. The van der Waals surface area contributed by atoms with E-state index in [-0.39, 0.29) is 24.3 Å². The van der Waals surface area contributed by atoms with Gasteiger partial charge in [-0.15, -0.1) is 0 Å². The molecular formula is C20H21BrN2O2. The van der Waals surface area contributed by atoms with Crippen LogP contribution in [0.15, 0.2) is 46.9 Å². The number of carbonyl (C=O) groups excluding carboxylic acids is 2. The highest BCUT2D eigenvalue weighted by Gasteiger charge is 2.26. The van der Waals surface area contributed by atoms with Crippen LogP contribution in [-0.2, 0) is 16.0 Å². The van der Waals surface area contributed by atoms with Gasteiger partial charge < -0.3 is 10.6 Å². The van der Waals surface area contributed by atoms with Crippen LogP contribution in [0.25, 0.3) is 0 Å². The van der Waals surface area contributed by atoms with E-state index >= 15 is 0 Å². The zero-order chi connectivity index (χ0) is 17.8. The van der Waals surface area contributed by atoms with Gasteiger partial charge in [-0.05, 0) is 61.1 Å². The van der Waals surface area contributed by atoms with Gasteiger partial charge in [0.25, 0.3) is 0 Å². The van der Waals surface area contributed by atoms with Crippen molar-refractivity contribution < 1.29 is 9.59 Å². The van der Waals surface area contributed by atoms with Crippen molar-refractivity contribution in [2.45, 2.75) is 32.1 Å². The summed E-state index contributed by atoms with van der Waals surface area (Å²) >= 11 is 3.40. The molecule has 3 rings (SSSR count). The SMILES string of the molecule is Cc1cc(Br)ccc1NC(=O)CNC(=O)[C@@H]1CCCc2ccccc21. The van der Waals surface area contributed by atoms with Crippen LogP contribution in [0.1, 0.15) is 35.4 Å². The summed E-state index contributed by atoms with van der Waals surface area (Å²) in [6, 6.07) is 13.7. The quantitative estimate of drug-likeness (QED) is 0.816. The van der Waals surface area contributed by atoms with E-state index in [1.807, 2.05) is 43.3 Å². The van der Waals surface area contributed by atoms with Gasteiger partial charge in [-0.1, -0.05) is 40.2 Å². The maximum atomic E-state index is 12.5. The second-order valence-corrected chi connectivity index (χ2v) is 7.28. The fraction of sp³-hybridized carbons (Fsp3) is 0.300. The average molecular weight is 401 g/mol. The third kappa shape index (κ3) is 4.28. The van der Waals surface area contributed by atoms with E-state index in [0.717, 1.165) is 40.5 Å². The van der Waals surface area contributed by atoms with E-state index in [1.54, 1.807) is 0 Å². The monoisotopic (exact) mass is 400 g/mol. The molecule has 0 saturated heterocycles. The van der Waals surface area contributed by atoms with Crippen molar-refractivity contribution in [3.8, 4) is 0 Å². The van der Waals surface area contributed by atoms with Gasteiger partial charge in [-0.2, -0.15) is 0 Å². The summed E-state index contributed by atoms with van der Waals surface area (Å²) in [7, 11) is 0. The summed E-state index contributed by atoms with van der Waals surface area (Å²) < 4.78 is 0.965. The molecule has 130 valence electrons. The predicted octanol–water partition coefficient (Wildman–Crippen LogP) is 3.93. The van der Waals surface area contributed by atoms with Gasteiger partial charge in [0.15, 0.2) is 0 Å². The maximum Gasteiger partial charge on any atom is 0.243 e. The molecule has 2 aromatic rings. The van der Waals surface area contributed by atoms with Crippen molar-refractivity contribution in [3.05, 3.63) is 63.6 Å². The molecule has 0 aliphatic heterocycles. The van der Waals surface area contributed by atoms with Crippen molar-refractivity contribution in [1.82, 2.24) is 5.32 Å². The highest BCUT2D eigenvalue weighted by molar-refractivity contribution is 9.10. The Bertz CT molecular complexity index is 804. The summed E-state index contributed by atoms with van der Waals surface area (Å²) in [5, 5.41) is 5.62. The lowest BCUT2D eigenvalue weighted by atomic mass is 9.82. The Labute approximate surface area is 156 Å². The lowest BCUT2D eigenvalue weighted by Gasteiger charge is -2.24. The largest absolute Gasteiger partial charge is 0.346 e. The predicted molar refractivity (Wildman–Crippen MR) is 103 cm³/mol. The first-order valence-corrected chi connectivity index (χ1v) is 9.25. The fourth-order valence-corrected chi connectivity index (χ4v) is 3.75. The van der Waals surface area contributed by atoms with E-state index in [9.17, 15) is 9.59 Å². The van der Waals surface area contributed by atoms with Gasteiger partial charge in [-0.3, -0.25) is 9.59 Å². The number of hydrogen-bond acceptors (Lipinski definition) is 2. The molecule has 25 heavy (non-hydrogen) atoms. The van der Waals surface area contributed by atoms with Crippen LogP contribution in [0.2, 0.25) is 0 Å². The van der Waals surface area contributed by atoms with Crippen molar-refractivity contribution in [1.29, 1.82) is 0 Å². The molecule has 2 amide bonds.